The van der Waals surface area contributed by atoms with E-state index in [0.717, 1.165) is 5.56 Å². The van der Waals surface area contributed by atoms with Crippen LogP contribution in [0.25, 0.3) is 0 Å². The van der Waals surface area contributed by atoms with Crippen LogP contribution in [0.5, 0.6) is 0 Å². The number of hydrogen-bond donors (Lipinski definition) is 0. The minimum atomic E-state index is -0.859. The van der Waals surface area contributed by atoms with Gasteiger partial charge >= 0.3 is 5.97 Å². The number of cyclic esters (lactones) is 1. The Bertz CT molecular complexity index is 742. The predicted molar refractivity (Wildman–Crippen MR) is 83.8 cm³/mol. The van der Waals surface area contributed by atoms with Gasteiger partial charge in [0.25, 0.3) is 5.91 Å². The van der Waals surface area contributed by atoms with Crippen LogP contribution in [0.4, 0.5) is 10.1 Å². The highest BCUT2D eigenvalue weighted by molar-refractivity contribution is 6.01. The number of nitrogens with zero attached hydrogens (tertiary/aromatic N) is 1. The maximum atomic E-state index is 13.1. The van der Waals surface area contributed by atoms with Crippen LogP contribution in [0.1, 0.15) is 22.8 Å². The Morgan fingerprint density at radius 1 is 1.22 bits per heavy atom. The van der Waals surface area contributed by atoms with E-state index in [1.165, 1.54) is 29.2 Å². The molecule has 0 bridgehead atoms. The smallest absolute Gasteiger partial charge is 0.339 e. The van der Waals surface area contributed by atoms with E-state index < -0.39 is 12.1 Å². The van der Waals surface area contributed by atoms with Crippen LogP contribution in [0.3, 0.4) is 0 Å². The lowest BCUT2D eigenvalue weighted by atomic mass is 9.98. The summed E-state index contributed by atoms with van der Waals surface area (Å²) in [5.41, 5.74) is 1.88. The molecule has 1 aliphatic heterocycles. The Morgan fingerprint density at radius 3 is 2.61 bits per heavy atom. The molecule has 5 heteroatoms. The quantitative estimate of drug-likeness (QED) is 0.819. The SMILES string of the molecule is CCN(C(=O)C1Cc2ccccc2C(=O)O1)c1ccc(F)cc1. The van der Waals surface area contributed by atoms with Gasteiger partial charge in [0.2, 0.25) is 0 Å². The summed E-state index contributed by atoms with van der Waals surface area (Å²) < 4.78 is 18.4. The molecule has 0 saturated heterocycles. The van der Waals surface area contributed by atoms with Crippen molar-refractivity contribution in [1.29, 1.82) is 0 Å². The third kappa shape index (κ3) is 2.95. The molecular formula is C18H16FNO3. The standard InChI is InChI=1S/C18H16FNO3/c1-2-20(14-9-7-13(19)8-10-14)17(21)16-11-12-5-3-4-6-15(12)18(22)23-16/h3-10,16H,2,11H2,1H3. The van der Waals surface area contributed by atoms with E-state index in [0.29, 0.717) is 24.2 Å². The average Bonchev–Trinajstić information content (AvgIpc) is 2.57. The van der Waals surface area contributed by atoms with Crippen LogP contribution < -0.4 is 4.90 Å². The van der Waals surface area contributed by atoms with Crippen LogP contribution in [0, 0.1) is 5.82 Å². The van der Waals surface area contributed by atoms with Crippen molar-refractivity contribution in [1.82, 2.24) is 0 Å². The summed E-state index contributed by atoms with van der Waals surface area (Å²) in [5.74, 6) is -1.16. The number of esters is 1. The molecule has 1 aliphatic rings. The largest absolute Gasteiger partial charge is 0.448 e. The number of carbonyl (C=O) groups is 2. The average molecular weight is 313 g/mol. The second kappa shape index (κ2) is 6.20. The second-order valence-electron chi connectivity index (χ2n) is 5.31. The van der Waals surface area contributed by atoms with Crippen LogP contribution >= 0.6 is 0 Å². The molecule has 0 radical (unpaired) electrons. The maximum absolute atomic E-state index is 13.1. The molecule has 0 spiro atoms. The minimum absolute atomic E-state index is 0.304. The van der Waals surface area contributed by atoms with E-state index in [4.69, 9.17) is 4.74 Å². The monoisotopic (exact) mass is 313 g/mol. The van der Waals surface area contributed by atoms with Crippen molar-refractivity contribution in [3.63, 3.8) is 0 Å². The van der Waals surface area contributed by atoms with Crippen LogP contribution in [-0.4, -0.2) is 24.5 Å². The first-order chi connectivity index (χ1) is 11.1. The van der Waals surface area contributed by atoms with E-state index in [2.05, 4.69) is 0 Å². The minimum Gasteiger partial charge on any atom is -0.448 e. The highest BCUT2D eigenvalue weighted by atomic mass is 19.1. The molecule has 3 rings (SSSR count). The fraction of sp³-hybridized carbons (Fsp3) is 0.222. The van der Waals surface area contributed by atoms with Gasteiger partial charge in [0.05, 0.1) is 5.56 Å². The number of hydrogen-bond acceptors (Lipinski definition) is 3. The number of ether oxygens (including phenoxy) is 1. The number of amides is 1. The molecule has 23 heavy (non-hydrogen) atoms. The lowest BCUT2D eigenvalue weighted by molar-refractivity contribution is -0.127. The molecule has 4 nitrogen and oxygen atoms in total. The Kier molecular flexibility index (Phi) is 4.10. The number of rotatable bonds is 3. The number of anilines is 1. The van der Waals surface area contributed by atoms with E-state index in [-0.39, 0.29) is 11.7 Å². The van der Waals surface area contributed by atoms with Gasteiger partial charge in [-0.25, -0.2) is 9.18 Å². The van der Waals surface area contributed by atoms with Crippen molar-refractivity contribution in [3.8, 4) is 0 Å². The van der Waals surface area contributed by atoms with Crippen molar-refractivity contribution in [3.05, 3.63) is 65.5 Å². The van der Waals surface area contributed by atoms with Gasteiger partial charge in [-0.3, -0.25) is 4.79 Å². The molecule has 1 unspecified atom stereocenters. The highest BCUT2D eigenvalue weighted by Gasteiger charge is 2.33. The third-order valence-electron chi connectivity index (χ3n) is 3.89. The predicted octanol–water partition coefficient (Wildman–Crippen LogP) is 2.96. The zero-order chi connectivity index (χ0) is 16.4. The van der Waals surface area contributed by atoms with Crippen molar-refractivity contribution >= 4 is 17.6 Å². The first kappa shape index (κ1) is 15.2. The highest BCUT2D eigenvalue weighted by Crippen LogP contribution is 2.24. The molecule has 2 aromatic rings. The van der Waals surface area contributed by atoms with Gasteiger partial charge in [0.15, 0.2) is 6.10 Å². The summed E-state index contributed by atoms with van der Waals surface area (Å²) in [5, 5.41) is 0. The number of likely N-dealkylation sites (N-methyl/N-ethyl adjacent to an activating group) is 1. The van der Waals surface area contributed by atoms with Crippen molar-refractivity contribution in [2.45, 2.75) is 19.4 Å². The van der Waals surface area contributed by atoms with Gasteiger partial charge in [-0.05, 0) is 42.8 Å². The first-order valence-electron chi connectivity index (χ1n) is 7.46. The Labute approximate surface area is 133 Å². The molecular weight excluding hydrogens is 297 g/mol. The summed E-state index contributed by atoms with van der Waals surface area (Å²) in [6.07, 6.45) is -0.513. The van der Waals surface area contributed by atoms with Gasteiger partial charge in [0.1, 0.15) is 5.82 Å². The fourth-order valence-corrected chi connectivity index (χ4v) is 2.73. The lowest BCUT2D eigenvalue weighted by Gasteiger charge is -2.29. The first-order valence-corrected chi connectivity index (χ1v) is 7.46. The maximum Gasteiger partial charge on any atom is 0.339 e. The lowest BCUT2D eigenvalue weighted by Crippen LogP contribution is -2.44. The molecule has 1 amide bonds. The molecule has 0 fully saturated rings. The number of halogens is 1. The van der Waals surface area contributed by atoms with E-state index in [1.54, 1.807) is 12.1 Å². The summed E-state index contributed by atoms with van der Waals surface area (Å²) in [6.45, 7) is 2.22. The summed E-state index contributed by atoms with van der Waals surface area (Å²) in [4.78, 5) is 26.3. The zero-order valence-corrected chi connectivity index (χ0v) is 12.7. The van der Waals surface area contributed by atoms with E-state index in [1.807, 2.05) is 19.1 Å². The molecule has 118 valence electrons. The number of benzene rings is 2. The van der Waals surface area contributed by atoms with Gasteiger partial charge in [-0.1, -0.05) is 18.2 Å². The fourth-order valence-electron chi connectivity index (χ4n) is 2.73. The molecule has 2 aromatic carbocycles. The molecule has 0 aromatic heterocycles. The van der Waals surface area contributed by atoms with E-state index in [9.17, 15) is 14.0 Å². The molecule has 1 atom stereocenters. The van der Waals surface area contributed by atoms with Crippen molar-refractivity contribution < 1.29 is 18.7 Å². The van der Waals surface area contributed by atoms with E-state index >= 15 is 0 Å². The summed E-state index contributed by atoms with van der Waals surface area (Å²) >= 11 is 0. The summed E-state index contributed by atoms with van der Waals surface area (Å²) in [7, 11) is 0. The van der Waals surface area contributed by atoms with Gasteiger partial charge in [0, 0.05) is 18.7 Å². The molecule has 1 heterocycles. The normalized spacial score (nSPS) is 16.4. The Balaban J connectivity index is 1.85. The van der Waals surface area contributed by atoms with Gasteiger partial charge < -0.3 is 9.64 Å². The summed E-state index contributed by atoms with van der Waals surface area (Å²) in [6, 6.07) is 12.8. The topological polar surface area (TPSA) is 46.6 Å². The van der Waals surface area contributed by atoms with Gasteiger partial charge in [-0.15, -0.1) is 0 Å². The second-order valence-corrected chi connectivity index (χ2v) is 5.31. The van der Waals surface area contributed by atoms with Crippen LogP contribution in [0.15, 0.2) is 48.5 Å². The van der Waals surface area contributed by atoms with Crippen molar-refractivity contribution in [2.75, 3.05) is 11.4 Å². The van der Waals surface area contributed by atoms with Crippen molar-refractivity contribution in [2.24, 2.45) is 0 Å². The third-order valence-corrected chi connectivity index (χ3v) is 3.89. The Morgan fingerprint density at radius 2 is 1.91 bits per heavy atom. The molecule has 0 N–H and O–H groups in total. The van der Waals surface area contributed by atoms with Gasteiger partial charge in [-0.2, -0.15) is 0 Å². The zero-order valence-electron chi connectivity index (χ0n) is 12.7. The molecule has 0 aliphatic carbocycles. The molecule has 0 saturated carbocycles. The number of fused-ring (bicyclic) bond motifs is 1. The van der Waals surface area contributed by atoms with Crippen LogP contribution in [0.2, 0.25) is 0 Å². The Hall–Kier alpha value is -2.69. The van der Waals surface area contributed by atoms with Crippen LogP contribution in [-0.2, 0) is 16.0 Å². The number of carbonyl (C=O) groups excluding carboxylic acids is 2.